The molecular weight excluding hydrogens is 483 g/mol. The number of nitrogens with one attached hydrogen (secondary N) is 2. The number of halogens is 2. The van der Waals surface area contributed by atoms with E-state index in [-0.39, 0.29) is 24.0 Å². The minimum atomic E-state index is 0. The summed E-state index contributed by atoms with van der Waals surface area (Å²) in [7, 11) is 3.58. The number of guanidine groups is 1. The van der Waals surface area contributed by atoms with Gasteiger partial charge < -0.3 is 20.3 Å². The van der Waals surface area contributed by atoms with Crippen molar-refractivity contribution in [1.29, 1.82) is 0 Å². The zero-order valence-corrected chi connectivity index (χ0v) is 18.3. The smallest absolute Gasteiger partial charge is 0.191 e. The third-order valence-corrected chi connectivity index (χ3v) is 4.67. The van der Waals surface area contributed by atoms with Gasteiger partial charge in [0.05, 0.1) is 6.61 Å². The molecule has 0 aliphatic carbocycles. The topological polar surface area (TPSA) is 48.9 Å². The summed E-state index contributed by atoms with van der Waals surface area (Å²) in [5.74, 6) is 0.878. The van der Waals surface area contributed by atoms with Crippen LogP contribution in [-0.4, -0.2) is 57.3 Å². The molecule has 0 amide bonds. The van der Waals surface area contributed by atoms with Gasteiger partial charge in [-0.2, -0.15) is 0 Å². The second-order valence-corrected chi connectivity index (χ2v) is 6.72. The van der Waals surface area contributed by atoms with Gasteiger partial charge in [0.15, 0.2) is 5.96 Å². The maximum absolute atomic E-state index is 5.15. The van der Waals surface area contributed by atoms with Crippen molar-refractivity contribution < 1.29 is 4.74 Å². The summed E-state index contributed by atoms with van der Waals surface area (Å²) in [5, 5.41) is 6.92. The van der Waals surface area contributed by atoms with Gasteiger partial charge in [-0.05, 0) is 30.5 Å². The van der Waals surface area contributed by atoms with Crippen molar-refractivity contribution in [2.24, 2.45) is 4.99 Å². The van der Waals surface area contributed by atoms with Crippen LogP contribution in [0.5, 0.6) is 0 Å². The summed E-state index contributed by atoms with van der Waals surface area (Å²) in [6.45, 7) is 4.85. The van der Waals surface area contributed by atoms with Gasteiger partial charge in [0, 0.05) is 50.9 Å². The van der Waals surface area contributed by atoms with Crippen molar-refractivity contribution in [2.45, 2.75) is 25.4 Å². The fraction of sp³-hybridized carbons (Fsp3) is 0.588. The van der Waals surface area contributed by atoms with E-state index in [9.17, 15) is 0 Å². The molecule has 2 rings (SSSR count). The molecule has 1 aromatic rings. The second kappa shape index (κ2) is 12.1. The predicted octanol–water partition coefficient (Wildman–Crippen LogP) is 2.84. The van der Waals surface area contributed by atoms with Crippen molar-refractivity contribution in [3.63, 3.8) is 0 Å². The Balaban J connectivity index is 0.00000288. The van der Waals surface area contributed by atoms with Gasteiger partial charge in [-0.25, -0.2) is 0 Å². The highest BCUT2D eigenvalue weighted by Gasteiger charge is 2.19. The van der Waals surface area contributed by atoms with E-state index in [0.29, 0.717) is 6.04 Å². The fourth-order valence-electron chi connectivity index (χ4n) is 2.70. The van der Waals surface area contributed by atoms with Crippen LogP contribution in [0.25, 0.3) is 0 Å². The molecule has 5 nitrogen and oxygen atoms in total. The average molecular weight is 511 g/mol. The van der Waals surface area contributed by atoms with Crippen LogP contribution in [-0.2, 0) is 11.3 Å². The number of likely N-dealkylation sites (tertiary alicyclic amines) is 1. The Morgan fingerprint density at radius 3 is 2.54 bits per heavy atom. The Morgan fingerprint density at radius 1 is 1.29 bits per heavy atom. The highest BCUT2D eigenvalue weighted by Crippen LogP contribution is 2.11. The van der Waals surface area contributed by atoms with Gasteiger partial charge in [-0.15, -0.1) is 24.0 Å². The highest BCUT2D eigenvalue weighted by atomic mass is 127. The first-order valence-electron chi connectivity index (χ1n) is 8.14. The molecule has 0 radical (unpaired) electrons. The van der Waals surface area contributed by atoms with Crippen molar-refractivity contribution >= 4 is 45.9 Å². The Labute approximate surface area is 170 Å². The van der Waals surface area contributed by atoms with Crippen molar-refractivity contribution in [1.82, 2.24) is 15.5 Å². The summed E-state index contributed by atoms with van der Waals surface area (Å²) in [5.41, 5.74) is 1.24. The van der Waals surface area contributed by atoms with E-state index < -0.39 is 0 Å². The number of ether oxygens (including phenoxy) is 1. The number of methoxy groups -OCH3 is 1. The number of rotatable bonds is 6. The minimum Gasteiger partial charge on any atom is -0.383 e. The van der Waals surface area contributed by atoms with Crippen LogP contribution in [0.2, 0.25) is 0 Å². The number of piperidine rings is 1. The van der Waals surface area contributed by atoms with Crippen LogP contribution < -0.4 is 10.6 Å². The molecule has 1 heterocycles. The first-order chi connectivity index (χ1) is 11.2. The molecule has 1 aromatic carbocycles. The van der Waals surface area contributed by atoms with E-state index in [4.69, 9.17) is 4.74 Å². The lowest BCUT2D eigenvalue weighted by molar-refractivity contribution is 0.128. The van der Waals surface area contributed by atoms with Crippen molar-refractivity contribution in [2.75, 3.05) is 40.4 Å². The molecule has 0 saturated carbocycles. The Hall–Kier alpha value is -0.380. The van der Waals surface area contributed by atoms with Gasteiger partial charge >= 0.3 is 0 Å². The Bertz CT molecular complexity index is 490. The number of hydrogen-bond acceptors (Lipinski definition) is 3. The molecule has 0 unspecified atom stereocenters. The molecule has 24 heavy (non-hydrogen) atoms. The van der Waals surface area contributed by atoms with Crippen LogP contribution in [0, 0.1) is 0 Å². The van der Waals surface area contributed by atoms with Gasteiger partial charge in [0.2, 0.25) is 0 Å². The van der Waals surface area contributed by atoms with E-state index in [1.165, 1.54) is 5.56 Å². The monoisotopic (exact) mass is 510 g/mol. The normalized spacial score (nSPS) is 16.5. The first-order valence-corrected chi connectivity index (χ1v) is 8.93. The predicted molar refractivity (Wildman–Crippen MR) is 114 cm³/mol. The molecule has 7 heteroatoms. The summed E-state index contributed by atoms with van der Waals surface area (Å²) in [6, 6.07) is 8.83. The molecule has 1 saturated heterocycles. The summed E-state index contributed by atoms with van der Waals surface area (Å²) in [4.78, 5) is 6.79. The SMILES string of the molecule is CN=C(NCc1ccc(Br)cc1)NC1CCN(CCOC)CC1.I. The third-order valence-electron chi connectivity index (χ3n) is 4.14. The summed E-state index contributed by atoms with van der Waals surface area (Å²) in [6.07, 6.45) is 2.28. The second-order valence-electron chi connectivity index (χ2n) is 5.81. The number of aliphatic imine (C=N–C) groups is 1. The van der Waals surface area contributed by atoms with Gasteiger partial charge in [-0.3, -0.25) is 4.99 Å². The van der Waals surface area contributed by atoms with Crippen LogP contribution >= 0.6 is 39.9 Å². The molecule has 1 fully saturated rings. The van der Waals surface area contributed by atoms with E-state index in [2.05, 4.69) is 60.7 Å². The zero-order chi connectivity index (χ0) is 16.5. The van der Waals surface area contributed by atoms with E-state index in [0.717, 1.165) is 56.1 Å². The van der Waals surface area contributed by atoms with Crippen LogP contribution in [0.1, 0.15) is 18.4 Å². The van der Waals surface area contributed by atoms with Gasteiger partial charge in [0.25, 0.3) is 0 Å². The molecular formula is C17H28BrIN4O. The zero-order valence-electron chi connectivity index (χ0n) is 14.4. The fourth-order valence-corrected chi connectivity index (χ4v) is 2.96. The molecule has 0 spiro atoms. The van der Waals surface area contributed by atoms with Crippen LogP contribution in [0.15, 0.2) is 33.7 Å². The van der Waals surface area contributed by atoms with Gasteiger partial charge in [-0.1, -0.05) is 28.1 Å². The Kier molecular flexibility index (Phi) is 10.9. The van der Waals surface area contributed by atoms with Crippen molar-refractivity contribution in [3.8, 4) is 0 Å². The maximum atomic E-state index is 5.15. The van der Waals surface area contributed by atoms with E-state index >= 15 is 0 Å². The quantitative estimate of drug-likeness (QED) is 0.351. The first kappa shape index (κ1) is 21.7. The lowest BCUT2D eigenvalue weighted by Gasteiger charge is -2.32. The minimum absolute atomic E-state index is 0. The average Bonchev–Trinajstić information content (AvgIpc) is 2.59. The lowest BCUT2D eigenvalue weighted by atomic mass is 10.1. The number of hydrogen-bond donors (Lipinski definition) is 2. The molecule has 1 aliphatic heterocycles. The number of benzene rings is 1. The summed E-state index contributed by atoms with van der Waals surface area (Å²) < 4.78 is 6.25. The lowest BCUT2D eigenvalue weighted by Crippen LogP contribution is -2.48. The third kappa shape index (κ3) is 7.67. The van der Waals surface area contributed by atoms with Gasteiger partial charge in [0.1, 0.15) is 0 Å². The molecule has 0 bridgehead atoms. The number of nitrogens with zero attached hydrogens (tertiary/aromatic N) is 2. The molecule has 0 atom stereocenters. The van der Waals surface area contributed by atoms with Crippen molar-refractivity contribution in [3.05, 3.63) is 34.3 Å². The highest BCUT2D eigenvalue weighted by molar-refractivity contribution is 14.0. The standard InChI is InChI=1S/C17H27BrN4O.HI/c1-19-17(20-13-14-3-5-15(18)6-4-14)21-16-7-9-22(10-8-16)11-12-23-2;/h3-6,16H,7-13H2,1-2H3,(H2,19,20,21);1H. The molecule has 2 N–H and O–H groups in total. The molecule has 1 aliphatic rings. The molecule has 136 valence electrons. The maximum Gasteiger partial charge on any atom is 0.191 e. The van der Waals surface area contributed by atoms with E-state index in [1.807, 2.05) is 7.05 Å². The largest absolute Gasteiger partial charge is 0.383 e. The van der Waals surface area contributed by atoms with Crippen LogP contribution in [0.3, 0.4) is 0 Å². The van der Waals surface area contributed by atoms with Crippen LogP contribution in [0.4, 0.5) is 0 Å². The summed E-state index contributed by atoms with van der Waals surface area (Å²) >= 11 is 3.46. The Morgan fingerprint density at radius 2 is 1.96 bits per heavy atom. The molecule has 0 aromatic heterocycles. The van der Waals surface area contributed by atoms with E-state index in [1.54, 1.807) is 7.11 Å².